The number of ether oxygens (including phenoxy) is 2. The molecule has 1 aromatic heterocycles. The van der Waals surface area contributed by atoms with Gasteiger partial charge in [-0.25, -0.2) is 9.59 Å². The van der Waals surface area contributed by atoms with Gasteiger partial charge in [0.15, 0.2) is 0 Å². The number of hydrogen-bond acceptors (Lipinski definition) is 7. The van der Waals surface area contributed by atoms with Crippen LogP contribution in [-0.4, -0.2) is 46.2 Å². The Morgan fingerprint density at radius 1 is 1.11 bits per heavy atom. The molecule has 1 atom stereocenters. The first-order valence-corrected chi connectivity index (χ1v) is 10.9. The minimum absolute atomic E-state index is 0.0592. The fourth-order valence-corrected chi connectivity index (χ4v) is 3.64. The molecule has 0 aliphatic carbocycles. The van der Waals surface area contributed by atoms with E-state index in [1.165, 1.54) is 29.9 Å². The molecule has 35 heavy (non-hydrogen) atoms. The number of fused-ring (bicyclic) bond motifs is 1. The fraction of sp³-hybridized carbons (Fsp3) is 0.320. The number of benzene rings is 2. The van der Waals surface area contributed by atoms with Gasteiger partial charge in [-0.1, -0.05) is 30.3 Å². The molecule has 0 fully saturated rings. The zero-order valence-electron chi connectivity index (χ0n) is 19.9. The molecule has 1 heterocycles. The van der Waals surface area contributed by atoms with E-state index in [-0.39, 0.29) is 18.5 Å². The van der Waals surface area contributed by atoms with Gasteiger partial charge in [-0.2, -0.15) is 0 Å². The molecule has 0 aliphatic heterocycles. The van der Waals surface area contributed by atoms with Crippen LogP contribution in [0.15, 0.2) is 54.7 Å². The third-order valence-electron chi connectivity index (χ3n) is 5.12. The number of nitrogens with zero attached hydrogens (tertiary/aromatic N) is 2. The topological polar surface area (TPSA) is 130 Å². The zero-order valence-corrected chi connectivity index (χ0v) is 19.9. The van der Waals surface area contributed by atoms with Crippen LogP contribution in [0.25, 0.3) is 10.9 Å². The summed E-state index contributed by atoms with van der Waals surface area (Å²) in [7, 11) is 1.21. The van der Waals surface area contributed by atoms with E-state index >= 15 is 0 Å². The van der Waals surface area contributed by atoms with Crippen LogP contribution in [0.1, 0.15) is 31.9 Å². The first-order chi connectivity index (χ1) is 16.5. The van der Waals surface area contributed by atoms with E-state index < -0.39 is 34.5 Å². The molecule has 1 amide bonds. The van der Waals surface area contributed by atoms with Crippen molar-refractivity contribution < 1.29 is 28.8 Å². The van der Waals surface area contributed by atoms with Gasteiger partial charge in [0.2, 0.25) is 5.91 Å². The number of carbonyl (C=O) groups is 3. The number of para-hydroxylation sites is 1. The number of aromatic nitrogens is 1. The third-order valence-corrected chi connectivity index (χ3v) is 5.12. The van der Waals surface area contributed by atoms with Gasteiger partial charge in [-0.15, -0.1) is 0 Å². The molecule has 10 heteroatoms. The number of esters is 1. The van der Waals surface area contributed by atoms with Crippen molar-refractivity contribution in [2.45, 2.75) is 45.3 Å². The lowest BCUT2D eigenvalue weighted by Gasteiger charge is -2.19. The number of methoxy groups -OCH3 is 1. The highest BCUT2D eigenvalue weighted by Crippen LogP contribution is 2.24. The van der Waals surface area contributed by atoms with E-state index in [9.17, 15) is 24.5 Å². The second kappa shape index (κ2) is 10.4. The van der Waals surface area contributed by atoms with Crippen LogP contribution < -0.4 is 5.32 Å². The Balaban J connectivity index is 1.85. The van der Waals surface area contributed by atoms with E-state index in [1.54, 1.807) is 51.2 Å². The fourth-order valence-electron chi connectivity index (χ4n) is 3.64. The van der Waals surface area contributed by atoms with Gasteiger partial charge in [0.25, 0.3) is 5.69 Å². The number of amides is 1. The average molecular weight is 482 g/mol. The Kier molecular flexibility index (Phi) is 7.53. The number of non-ortho nitro benzene ring substituents is 1. The molecule has 1 N–H and O–H groups in total. The Hall–Kier alpha value is -4.21. The lowest BCUT2D eigenvalue weighted by molar-refractivity contribution is -0.384. The van der Waals surface area contributed by atoms with Gasteiger partial charge in [0, 0.05) is 30.1 Å². The lowest BCUT2D eigenvalue weighted by Crippen LogP contribution is -2.43. The number of rotatable bonds is 7. The van der Waals surface area contributed by atoms with Gasteiger partial charge in [-0.05, 0) is 38.0 Å². The Bertz CT molecular complexity index is 1270. The summed E-state index contributed by atoms with van der Waals surface area (Å²) in [5.74, 6) is -1.16. The summed E-state index contributed by atoms with van der Waals surface area (Å²) < 4.78 is 11.7. The molecule has 3 rings (SSSR count). The molecule has 0 spiro atoms. The standard InChI is InChI=1S/C25H27N3O7/c1-25(2,3)35-24(31)27-15-17(19-10-5-6-11-21(19)27)14-20(23(30)34-4)26-22(29)13-16-8-7-9-18(12-16)28(32)33/h5-12,15,20H,13-14H2,1-4H3,(H,26,29)/t20-/m0/s1. The van der Waals surface area contributed by atoms with E-state index in [0.717, 1.165) is 5.39 Å². The molecule has 0 radical (unpaired) electrons. The molecular weight excluding hydrogens is 454 g/mol. The summed E-state index contributed by atoms with van der Waals surface area (Å²) in [6, 6.07) is 11.8. The molecule has 10 nitrogen and oxygen atoms in total. The summed E-state index contributed by atoms with van der Waals surface area (Å²) in [5.41, 5.74) is 0.843. The Labute approximate surface area is 202 Å². The number of carbonyl (C=O) groups excluding carboxylic acids is 3. The quantitative estimate of drug-likeness (QED) is 0.309. The van der Waals surface area contributed by atoms with Crippen molar-refractivity contribution in [3.63, 3.8) is 0 Å². The van der Waals surface area contributed by atoms with Crippen molar-refractivity contribution >= 4 is 34.6 Å². The highest BCUT2D eigenvalue weighted by Gasteiger charge is 2.26. The van der Waals surface area contributed by atoms with Crippen LogP contribution in [0.5, 0.6) is 0 Å². The van der Waals surface area contributed by atoms with Gasteiger partial charge in [-0.3, -0.25) is 19.5 Å². The maximum atomic E-state index is 12.8. The van der Waals surface area contributed by atoms with Crippen molar-refractivity contribution in [2.75, 3.05) is 7.11 Å². The summed E-state index contributed by atoms with van der Waals surface area (Å²) in [5, 5.41) is 14.4. The predicted molar refractivity (Wildman–Crippen MR) is 128 cm³/mol. The second-order valence-corrected chi connectivity index (χ2v) is 8.97. The minimum atomic E-state index is -1.04. The normalized spacial score (nSPS) is 12.1. The predicted octanol–water partition coefficient (Wildman–Crippen LogP) is 3.78. The molecule has 0 aliphatic rings. The third kappa shape index (κ3) is 6.44. The first-order valence-electron chi connectivity index (χ1n) is 10.9. The van der Waals surface area contributed by atoms with E-state index in [0.29, 0.717) is 16.6 Å². The molecule has 0 saturated heterocycles. The molecule has 3 aromatic rings. The van der Waals surface area contributed by atoms with E-state index in [1.807, 2.05) is 6.07 Å². The van der Waals surface area contributed by atoms with Crippen LogP contribution in [0.4, 0.5) is 10.5 Å². The minimum Gasteiger partial charge on any atom is -0.467 e. The second-order valence-electron chi connectivity index (χ2n) is 8.97. The van der Waals surface area contributed by atoms with E-state index in [2.05, 4.69) is 5.32 Å². The van der Waals surface area contributed by atoms with Crippen molar-refractivity contribution in [1.29, 1.82) is 0 Å². The van der Waals surface area contributed by atoms with Crippen LogP contribution in [-0.2, 0) is 31.9 Å². The number of nitro groups is 1. The lowest BCUT2D eigenvalue weighted by atomic mass is 10.0. The Morgan fingerprint density at radius 3 is 2.49 bits per heavy atom. The molecule has 0 bridgehead atoms. The maximum Gasteiger partial charge on any atom is 0.419 e. The van der Waals surface area contributed by atoms with Crippen molar-refractivity contribution in [3.05, 3.63) is 76.0 Å². The molecule has 0 saturated carbocycles. The maximum absolute atomic E-state index is 12.8. The van der Waals surface area contributed by atoms with Crippen molar-refractivity contribution in [1.82, 2.24) is 9.88 Å². The van der Waals surface area contributed by atoms with Gasteiger partial charge in [0.1, 0.15) is 11.6 Å². The van der Waals surface area contributed by atoms with Gasteiger partial charge in [0.05, 0.1) is 24.0 Å². The largest absolute Gasteiger partial charge is 0.467 e. The Morgan fingerprint density at radius 2 is 1.83 bits per heavy atom. The van der Waals surface area contributed by atoms with Crippen molar-refractivity contribution in [2.24, 2.45) is 0 Å². The van der Waals surface area contributed by atoms with Gasteiger partial charge >= 0.3 is 12.1 Å². The highest BCUT2D eigenvalue weighted by molar-refractivity contribution is 5.93. The molecular formula is C25H27N3O7. The molecule has 2 aromatic carbocycles. The summed E-state index contributed by atoms with van der Waals surface area (Å²) in [6.45, 7) is 5.30. The molecule has 0 unspecified atom stereocenters. The van der Waals surface area contributed by atoms with Gasteiger partial charge < -0.3 is 14.8 Å². The number of hydrogen-bond donors (Lipinski definition) is 1. The summed E-state index contributed by atoms with van der Waals surface area (Å²) >= 11 is 0. The number of nitro benzene ring substituents is 1. The van der Waals surface area contributed by atoms with Crippen molar-refractivity contribution in [3.8, 4) is 0 Å². The SMILES string of the molecule is COC(=O)[C@H](Cc1cn(C(=O)OC(C)(C)C)c2ccccc12)NC(=O)Cc1cccc([N+](=O)[O-])c1. The number of nitrogens with one attached hydrogen (secondary N) is 1. The monoisotopic (exact) mass is 481 g/mol. The summed E-state index contributed by atoms with van der Waals surface area (Å²) in [4.78, 5) is 48.4. The van der Waals surface area contributed by atoms with Crippen LogP contribution >= 0.6 is 0 Å². The van der Waals surface area contributed by atoms with Crippen LogP contribution in [0.2, 0.25) is 0 Å². The average Bonchev–Trinajstić information content (AvgIpc) is 3.16. The molecule has 184 valence electrons. The van der Waals surface area contributed by atoms with Crippen LogP contribution in [0, 0.1) is 10.1 Å². The van der Waals surface area contributed by atoms with E-state index in [4.69, 9.17) is 9.47 Å². The smallest absolute Gasteiger partial charge is 0.419 e. The highest BCUT2D eigenvalue weighted by atomic mass is 16.6. The van der Waals surface area contributed by atoms with Crippen LogP contribution in [0.3, 0.4) is 0 Å². The first kappa shape index (κ1) is 25.4. The summed E-state index contributed by atoms with van der Waals surface area (Å²) in [6.07, 6.45) is 0.921. The zero-order chi connectivity index (χ0) is 25.8.